The van der Waals surface area contributed by atoms with Crippen LogP contribution >= 0.6 is 11.6 Å². The molecular weight excluding hydrogens is 240 g/mol. The van der Waals surface area contributed by atoms with Gasteiger partial charge in [-0.1, -0.05) is 6.07 Å². The number of nitrogens with one attached hydrogen (secondary N) is 1. The SMILES string of the molecule is CNCCc1ccc2c(c1)N(CCl)C(=O)CO2. The molecule has 4 nitrogen and oxygen atoms in total. The molecule has 0 aliphatic carbocycles. The predicted octanol–water partition coefficient (Wildman–Crippen LogP) is 1.37. The molecule has 1 aromatic rings. The number of benzene rings is 1. The standard InChI is InChI=1S/C12H15ClN2O2/c1-14-5-4-9-2-3-11-10(6-9)15(8-13)12(16)7-17-11/h2-3,6,14H,4-5,7-8H2,1H3. The van der Waals surface area contributed by atoms with Gasteiger partial charge in [-0.2, -0.15) is 0 Å². The minimum Gasteiger partial charge on any atom is -0.482 e. The molecule has 0 radical (unpaired) electrons. The van der Waals surface area contributed by atoms with Crippen molar-refractivity contribution in [1.29, 1.82) is 0 Å². The van der Waals surface area contributed by atoms with Crippen molar-refractivity contribution in [2.24, 2.45) is 0 Å². The summed E-state index contributed by atoms with van der Waals surface area (Å²) >= 11 is 5.80. The highest BCUT2D eigenvalue weighted by Gasteiger charge is 2.24. The number of fused-ring (bicyclic) bond motifs is 1. The molecule has 1 aliphatic rings. The third-order valence-corrected chi connectivity index (χ3v) is 2.99. The smallest absolute Gasteiger partial charge is 0.266 e. The van der Waals surface area contributed by atoms with E-state index in [0.717, 1.165) is 30.0 Å². The average Bonchev–Trinajstić information content (AvgIpc) is 2.36. The second-order valence-electron chi connectivity index (χ2n) is 3.89. The monoisotopic (exact) mass is 254 g/mol. The van der Waals surface area contributed by atoms with E-state index in [9.17, 15) is 4.79 Å². The fourth-order valence-electron chi connectivity index (χ4n) is 1.80. The molecule has 0 bridgehead atoms. The average molecular weight is 255 g/mol. The zero-order valence-corrected chi connectivity index (χ0v) is 10.5. The molecule has 1 aromatic carbocycles. The molecular formula is C12H15ClN2O2. The highest BCUT2D eigenvalue weighted by Crippen LogP contribution is 2.33. The number of rotatable bonds is 4. The highest BCUT2D eigenvalue weighted by molar-refractivity contribution is 6.22. The number of likely N-dealkylation sites (N-methyl/N-ethyl adjacent to an activating group) is 1. The molecule has 0 spiro atoms. The number of amides is 1. The first-order chi connectivity index (χ1) is 8.26. The fraction of sp³-hybridized carbons (Fsp3) is 0.417. The third kappa shape index (κ3) is 2.53. The van der Waals surface area contributed by atoms with Crippen LogP contribution in [0.25, 0.3) is 0 Å². The van der Waals surface area contributed by atoms with Crippen molar-refractivity contribution in [2.75, 3.05) is 31.1 Å². The van der Waals surface area contributed by atoms with Gasteiger partial charge in [-0.3, -0.25) is 9.69 Å². The normalized spacial score (nSPS) is 14.5. The van der Waals surface area contributed by atoms with Gasteiger partial charge in [-0.25, -0.2) is 0 Å². The molecule has 2 rings (SSSR count). The Hall–Kier alpha value is -1.26. The van der Waals surface area contributed by atoms with Crippen molar-refractivity contribution in [3.63, 3.8) is 0 Å². The number of carbonyl (C=O) groups is 1. The molecule has 92 valence electrons. The van der Waals surface area contributed by atoms with Crippen LogP contribution in [0.15, 0.2) is 18.2 Å². The summed E-state index contributed by atoms with van der Waals surface area (Å²) in [4.78, 5) is 13.2. The Morgan fingerprint density at radius 3 is 3.06 bits per heavy atom. The lowest BCUT2D eigenvalue weighted by Crippen LogP contribution is -2.37. The van der Waals surface area contributed by atoms with Crippen molar-refractivity contribution in [3.8, 4) is 5.75 Å². The Morgan fingerprint density at radius 1 is 1.53 bits per heavy atom. The molecule has 0 fully saturated rings. The number of hydrogen-bond donors (Lipinski definition) is 1. The van der Waals surface area contributed by atoms with Crippen molar-refractivity contribution < 1.29 is 9.53 Å². The Balaban J connectivity index is 2.28. The summed E-state index contributed by atoms with van der Waals surface area (Å²) < 4.78 is 5.36. The molecule has 0 aromatic heterocycles. The predicted molar refractivity (Wildman–Crippen MR) is 67.8 cm³/mol. The van der Waals surface area contributed by atoms with Crippen molar-refractivity contribution >= 4 is 23.2 Å². The maximum atomic E-state index is 11.6. The maximum absolute atomic E-state index is 11.6. The Bertz CT molecular complexity index is 423. The zero-order chi connectivity index (χ0) is 12.3. The van der Waals surface area contributed by atoms with Crippen molar-refractivity contribution in [2.45, 2.75) is 6.42 Å². The summed E-state index contributed by atoms with van der Waals surface area (Å²) in [6.07, 6.45) is 0.911. The van der Waals surface area contributed by atoms with Crippen LogP contribution < -0.4 is 15.0 Å². The number of hydrogen-bond acceptors (Lipinski definition) is 3. The molecule has 1 amide bonds. The largest absolute Gasteiger partial charge is 0.482 e. The zero-order valence-electron chi connectivity index (χ0n) is 9.70. The molecule has 0 atom stereocenters. The molecule has 1 heterocycles. The van der Waals surface area contributed by atoms with Gasteiger partial charge in [0, 0.05) is 0 Å². The number of anilines is 1. The van der Waals surface area contributed by atoms with Crippen LogP contribution in [-0.4, -0.2) is 32.1 Å². The summed E-state index contributed by atoms with van der Waals surface area (Å²) in [6, 6.07) is 6.03. The van der Waals surface area contributed by atoms with Gasteiger partial charge in [0.05, 0.1) is 5.69 Å². The van der Waals surface area contributed by atoms with E-state index in [0.29, 0.717) is 0 Å². The quantitative estimate of drug-likeness (QED) is 0.652. The Labute approximate surface area is 106 Å². The molecule has 5 heteroatoms. The summed E-state index contributed by atoms with van der Waals surface area (Å²) in [7, 11) is 1.91. The van der Waals surface area contributed by atoms with Crippen molar-refractivity contribution in [3.05, 3.63) is 23.8 Å². The van der Waals surface area contributed by atoms with Crippen LogP contribution in [-0.2, 0) is 11.2 Å². The summed E-state index contributed by atoms with van der Waals surface area (Å²) in [5.74, 6) is 0.622. The number of carbonyl (C=O) groups excluding carboxylic acids is 1. The summed E-state index contributed by atoms with van der Waals surface area (Å²) in [5.41, 5.74) is 1.93. The fourth-order valence-corrected chi connectivity index (χ4v) is 2.07. The molecule has 0 saturated carbocycles. The van der Waals surface area contributed by atoms with E-state index in [4.69, 9.17) is 16.3 Å². The van der Waals surface area contributed by atoms with Gasteiger partial charge in [0.1, 0.15) is 11.8 Å². The third-order valence-electron chi connectivity index (χ3n) is 2.75. The van der Waals surface area contributed by atoms with E-state index >= 15 is 0 Å². The van der Waals surface area contributed by atoms with Crippen LogP contribution in [0.3, 0.4) is 0 Å². The maximum Gasteiger partial charge on any atom is 0.266 e. The highest BCUT2D eigenvalue weighted by atomic mass is 35.5. The molecule has 1 aliphatic heterocycles. The van der Waals surface area contributed by atoms with E-state index < -0.39 is 0 Å². The first-order valence-corrected chi connectivity index (χ1v) is 6.06. The van der Waals surface area contributed by atoms with Gasteiger partial charge in [-0.15, -0.1) is 11.6 Å². The van der Waals surface area contributed by atoms with E-state index in [-0.39, 0.29) is 18.5 Å². The van der Waals surface area contributed by atoms with E-state index in [1.54, 1.807) is 4.90 Å². The topological polar surface area (TPSA) is 41.6 Å². The van der Waals surface area contributed by atoms with Gasteiger partial charge in [0.2, 0.25) is 0 Å². The second-order valence-corrected chi connectivity index (χ2v) is 4.12. The van der Waals surface area contributed by atoms with E-state index in [1.165, 1.54) is 0 Å². The van der Waals surface area contributed by atoms with E-state index in [2.05, 4.69) is 5.32 Å². The summed E-state index contributed by atoms with van der Waals surface area (Å²) in [6.45, 7) is 0.962. The Kier molecular flexibility index (Phi) is 3.86. The molecule has 17 heavy (non-hydrogen) atoms. The number of alkyl halides is 1. The lowest BCUT2D eigenvalue weighted by Gasteiger charge is -2.27. The second kappa shape index (κ2) is 5.38. The van der Waals surface area contributed by atoms with Crippen LogP contribution in [0.1, 0.15) is 5.56 Å². The number of ether oxygens (including phenoxy) is 1. The van der Waals surface area contributed by atoms with Gasteiger partial charge in [0.25, 0.3) is 5.91 Å². The minimum atomic E-state index is -0.0988. The van der Waals surface area contributed by atoms with Gasteiger partial charge in [-0.05, 0) is 37.7 Å². The van der Waals surface area contributed by atoms with Gasteiger partial charge < -0.3 is 10.1 Å². The summed E-state index contributed by atoms with van der Waals surface area (Å²) in [5, 5.41) is 3.09. The van der Waals surface area contributed by atoms with Gasteiger partial charge >= 0.3 is 0 Å². The van der Waals surface area contributed by atoms with Crippen LogP contribution in [0.4, 0.5) is 5.69 Å². The lowest BCUT2D eigenvalue weighted by molar-refractivity contribution is -0.121. The van der Waals surface area contributed by atoms with Crippen LogP contribution in [0, 0.1) is 0 Å². The molecule has 0 unspecified atom stereocenters. The first kappa shape index (κ1) is 12.2. The number of halogens is 1. The van der Waals surface area contributed by atoms with Crippen molar-refractivity contribution in [1.82, 2.24) is 5.32 Å². The number of nitrogens with zero attached hydrogens (tertiary/aromatic N) is 1. The van der Waals surface area contributed by atoms with Gasteiger partial charge in [0.15, 0.2) is 6.61 Å². The lowest BCUT2D eigenvalue weighted by atomic mass is 10.1. The van der Waals surface area contributed by atoms with Crippen LogP contribution in [0.2, 0.25) is 0 Å². The molecule has 1 N–H and O–H groups in total. The van der Waals surface area contributed by atoms with E-state index in [1.807, 2.05) is 25.2 Å². The Morgan fingerprint density at radius 2 is 2.35 bits per heavy atom. The van der Waals surface area contributed by atoms with Crippen LogP contribution in [0.5, 0.6) is 5.75 Å². The minimum absolute atomic E-state index is 0.0651. The first-order valence-electron chi connectivity index (χ1n) is 5.53. The molecule has 0 saturated heterocycles.